The van der Waals surface area contributed by atoms with E-state index in [1.54, 1.807) is 12.1 Å². The molecule has 1 atom stereocenters. The summed E-state index contributed by atoms with van der Waals surface area (Å²) in [6.07, 6.45) is 0.828. The molecule has 0 aliphatic carbocycles. The van der Waals surface area contributed by atoms with Crippen molar-refractivity contribution in [3.63, 3.8) is 0 Å². The van der Waals surface area contributed by atoms with E-state index >= 15 is 0 Å². The Morgan fingerprint density at radius 1 is 1.44 bits per heavy atom. The Morgan fingerprint density at radius 2 is 2.11 bits per heavy atom. The second-order valence-corrected chi connectivity index (χ2v) is 6.24. The molecule has 1 aromatic carbocycles. The van der Waals surface area contributed by atoms with Gasteiger partial charge in [-0.25, -0.2) is 0 Å². The standard InChI is InChI=1S/C14H20ClNO2/c1-14(2,3)8-11(15)9-16-13(18)10-5-4-6-12(17)7-10/h4-7,11,17H,8-9H2,1-3H3,(H,16,18). The molecule has 0 spiro atoms. The van der Waals surface area contributed by atoms with Gasteiger partial charge in [0.25, 0.3) is 5.91 Å². The van der Waals surface area contributed by atoms with Crippen molar-refractivity contribution in [3.05, 3.63) is 29.8 Å². The number of hydrogen-bond donors (Lipinski definition) is 2. The lowest BCUT2D eigenvalue weighted by Crippen LogP contribution is -2.31. The van der Waals surface area contributed by atoms with Gasteiger partial charge < -0.3 is 10.4 Å². The van der Waals surface area contributed by atoms with E-state index in [1.807, 2.05) is 0 Å². The first-order valence-corrected chi connectivity index (χ1v) is 6.43. The highest BCUT2D eigenvalue weighted by molar-refractivity contribution is 6.21. The van der Waals surface area contributed by atoms with Gasteiger partial charge in [-0.2, -0.15) is 0 Å². The molecule has 4 heteroatoms. The van der Waals surface area contributed by atoms with Gasteiger partial charge in [-0.3, -0.25) is 4.79 Å². The van der Waals surface area contributed by atoms with Crippen LogP contribution in [0.1, 0.15) is 37.6 Å². The van der Waals surface area contributed by atoms with Crippen molar-refractivity contribution < 1.29 is 9.90 Å². The zero-order valence-electron chi connectivity index (χ0n) is 11.0. The van der Waals surface area contributed by atoms with Crippen LogP contribution in [0.15, 0.2) is 24.3 Å². The van der Waals surface area contributed by atoms with Crippen molar-refractivity contribution in [1.29, 1.82) is 0 Å². The molecule has 0 radical (unpaired) electrons. The molecule has 1 rings (SSSR count). The van der Waals surface area contributed by atoms with Crippen LogP contribution >= 0.6 is 11.6 Å². The van der Waals surface area contributed by atoms with Crippen molar-refractivity contribution in [1.82, 2.24) is 5.32 Å². The first-order valence-electron chi connectivity index (χ1n) is 5.99. The van der Waals surface area contributed by atoms with E-state index in [0.717, 1.165) is 6.42 Å². The van der Waals surface area contributed by atoms with E-state index < -0.39 is 0 Å². The second-order valence-electron chi connectivity index (χ2n) is 5.62. The number of amides is 1. The number of alkyl halides is 1. The monoisotopic (exact) mass is 269 g/mol. The minimum absolute atomic E-state index is 0.0831. The predicted octanol–water partition coefficient (Wildman–Crippen LogP) is 3.17. The van der Waals surface area contributed by atoms with E-state index in [2.05, 4.69) is 26.1 Å². The molecule has 0 saturated heterocycles. The van der Waals surface area contributed by atoms with Gasteiger partial charge in [-0.15, -0.1) is 11.6 Å². The van der Waals surface area contributed by atoms with Crippen LogP contribution < -0.4 is 5.32 Å². The number of benzene rings is 1. The largest absolute Gasteiger partial charge is 0.508 e. The number of rotatable bonds is 4. The first-order chi connectivity index (χ1) is 8.28. The van der Waals surface area contributed by atoms with Crippen molar-refractivity contribution in [3.8, 4) is 5.75 Å². The van der Waals surface area contributed by atoms with Gasteiger partial charge in [-0.05, 0) is 30.0 Å². The zero-order chi connectivity index (χ0) is 13.8. The van der Waals surface area contributed by atoms with Crippen molar-refractivity contribution in [2.45, 2.75) is 32.6 Å². The highest BCUT2D eigenvalue weighted by atomic mass is 35.5. The van der Waals surface area contributed by atoms with Crippen LogP contribution in [-0.2, 0) is 0 Å². The Labute approximate surface area is 113 Å². The molecular weight excluding hydrogens is 250 g/mol. The Hall–Kier alpha value is -1.22. The maximum atomic E-state index is 11.8. The number of phenolic OH excluding ortho intramolecular Hbond substituents is 1. The molecule has 100 valence electrons. The van der Waals surface area contributed by atoms with Crippen molar-refractivity contribution in [2.24, 2.45) is 5.41 Å². The highest BCUT2D eigenvalue weighted by Gasteiger charge is 2.17. The van der Waals surface area contributed by atoms with Gasteiger partial charge in [0.1, 0.15) is 5.75 Å². The number of aromatic hydroxyl groups is 1. The summed E-state index contributed by atoms with van der Waals surface area (Å²) in [4.78, 5) is 11.8. The van der Waals surface area contributed by atoms with Crippen LogP contribution in [0.4, 0.5) is 0 Å². The topological polar surface area (TPSA) is 49.3 Å². The molecule has 0 heterocycles. The molecule has 1 aromatic rings. The molecule has 2 N–H and O–H groups in total. The summed E-state index contributed by atoms with van der Waals surface area (Å²) < 4.78 is 0. The fourth-order valence-corrected chi connectivity index (χ4v) is 2.23. The summed E-state index contributed by atoms with van der Waals surface area (Å²) in [6, 6.07) is 6.25. The van der Waals surface area contributed by atoms with E-state index in [-0.39, 0.29) is 22.4 Å². The third-order valence-electron chi connectivity index (χ3n) is 2.43. The number of nitrogens with one attached hydrogen (secondary N) is 1. The maximum absolute atomic E-state index is 11.8. The summed E-state index contributed by atoms with van der Waals surface area (Å²) in [5.41, 5.74) is 0.580. The molecule has 3 nitrogen and oxygen atoms in total. The molecular formula is C14H20ClNO2. The number of carbonyl (C=O) groups is 1. The third-order valence-corrected chi connectivity index (χ3v) is 2.73. The summed E-state index contributed by atoms with van der Waals surface area (Å²) in [5.74, 6) is -0.134. The molecule has 0 aliphatic heterocycles. The molecule has 1 unspecified atom stereocenters. The predicted molar refractivity (Wildman–Crippen MR) is 74.2 cm³/mol. The molecule has 0 aromatic heterocycles. The van der Waals surface area contributed by atoms with Crippen LogP contribution in [0.3, 0.4) is 0 Å². The molecule has 0 bridgehead atoms. The van der Waals surface area contributed by atoms with Gasteiger partial charge >= 0.3 is 0 Å². The number of carbonyl (C=O) groups excluding carboxylic acids is 1. The lowest BCUT2D eigenvalue weighted by atomic mass is 9.90. The Morgan fingerprint density at radius 3 is 2.67 bits per heavy atom. The maximum Gasteiger partial charge on any atom is 0.251 e. The van der Waals surface area contributed by atoms with Crippen LogP contribution in [0.25, 0.3) is 0 Å². The smallest absolute Gasteiger partial charge is 0.251 e. The van der Waals surface area contributed by atoms with Gasteiger partial charge in [0.2, 0.25) is 0 Å². The minimum Gasteiger partial charge on any atom is -0.508 e. The molecule has 18 heavy (non-hydrogen) atoms. The van der Waals surface area contributed by atoms with E-state index in [4.69, 9.17) is 11.6 Å². The van der Waals surface area contributed by atoms with Gasteiger partial charge in [0.15, 0.2) is 0 Å². The SMILES string of the molecule is CC(C)(C)CC(Cl)CNC(=O)c1cccc(O)c1. The molecule has 0 aliphatic rings. The van der Waals surface area contributed by atoms with E-state index in [9.17, 15) is 9.90 Å². The van der Waals surface area contributed by atoms with E-state index in [0.29, 0.717) is 12.1 Å². The fourth-order valence-electron chi connectivity index (χ4n) is 1.69. The Balaban J connectivity index is 2.47. The van der Waals surface area contributed by atoms with Crippen molar-refractivity contribution in [2.75, 3.05) is 6.54 Å². The number of hydrogen-bond acceptors (Lipinski definition) is 2. The lowest BCUT2D eigenvalue weighted by Gasteiger charge is -2.21. The highest BCUT2D eigenvalue weighted by Crippen LogP contribution is 2.23. The van der Waals surface area contributed by atoms with Crippen LogP contribution in [-0.4, -0.2) is 22.9 Å². The third kappa shape index (κ3) is 5.41. The average molecular weight is 270 g/mol. The van der Waals surface area contributed by atoms with E-state index in [1.165, 1.54) is 12.1 Å². The summed E-state index contributed by atoms with van der Waals surface area (Å²) in [7, 11) is 0. The molecule has 0 saturated carbocycles. The molecule has 0 fully saturated rings. The van der Waals surface area contributed by atoms with Crippen LogP contribution in [0.5, 0.6) is 5.75 Å². The Bertz CT molecular complexity index is 413. The molecule has 1 amide bonds. The normalized spacial score (nSPS) is 13.1. The van der Waals surface area contributed by atoms with Gasteiger partial charge in [0, 0.05) is 12.1 Å². The number of phenols is 1. The zero-order valence-corrected chi connectivity index (χ0v) is 11.8. The summed E-state index contributed by atoms with van der Waals surface area (Å²) >= 11 is 6.16. The van der Waals surface area contributed by atoms with Gasteiger partial charge in [-0.1, -0.05) is 26.8 Å². The second kappa shape index (κ2) is 6.10. The Kier molecular flexibility index (Phi) is 5.03. The fraction of sp³-hybridized carbons (Fsp3) is 0.500. The van der Waals surface area contributed by atoms with Crippen molar-refractivity contribution >= 4 is 17.5 Å². The lowest BCUT2D eigenvalue weighted by molar-refractivity contribution is 0.0951. The summed E-state index contributed by atoms with van der Waals surface area (Å²) in [6.45, 7) is 6.76. The minimum atomic E-state index is -0.217. The van der Waals surface area contributed by atoms with Crippen LogP contribution in [0, 0.1) is 5.41 Å². The summed E-state index contributed by atoms with van der Waals surface area (Å²) in [5, 5.41) is 12.0. The number of halogens is 1. The quantitative estimate of drug-likeness (QED) is 0.825. The average Bonchev–Trinajstić information content (AvgIpc) is 2.23. The first kappa shape index (κ1) is 14.8. The van der Waals surface area contributed by atoms with Crippen LogP contribution in [0.2, 0.25) is 0 Å². The van der Waals surface area contributed by atoms with Gasteiger partial charge in [0.05, 0.1) is 5.38 Å².